The molecule has 0 bridgehead atoms. The summed E-state index contributed by atoms with van der Waals surface area (Å²) >= 11 is 6.24. The molecule has 1 amide bonds. The second-order valence-electron chi connectivity index (χ2n) is 6.23. The molecule has 4 rings (SSSR count). The molecular weight excluding hydrogens is 385 g/mol. The minimum absolute atomic E-state index is 0.273. The highest BCUT2D eigenvalue weighted by atomic mass is 35.5. The second kappa shape index (κ2) is 7.90. The number of hydrogen-bond acceptors (Lipinski definition) is 4. The number of nitrogens with one attached hydrogen (secondary N) is 1. The van der Waals surface area contributed by atoms with Crippen LogP contribution in [0.25, 0.3) is 5.69 Å². The Hall–Kier alpha value is -3.06. The Labute approximate surface area is 165 Å². The Bertz CT molecular complexity index is 1000. The van der Waals surface area contributed by atoms with Crippen molar-refractivity contribution in [1.82, 2.24) is 14.9 Å². The highest BCUT2D eigenvalue weighted by Gasteiger charge is 2.17. The van der Waals surface area contributed by atoms with Crippen LogP contribution < -0.4 is 14.8 Å². The molecule has 144 valence electrons. The first-order chi connectivity index (χ1) is 13.6. The molecule has 0 atom stereocenters. The summed E-state index contributed by atoms with van der Waals surface area (Å²) in [4.78, 5) is 16.6. The van der Waals surface area contributed by atoms with Gasteiger partial charge in [-0.2, -0.15) is 0 Å². The molecule has 0 saturated heterocycles. The lowest BCUT2D eigenvalue weighted by molar-refractivity contribution is 0.0947. The van der Waals surface area contributed by atoms with Gasteiger partial charge in [0.05, 0.1) is 17.5 Å². The molecule has 28 heavy (non-hydrogen) atoms. The average molecular weight is 402 g/mol. The fraction of sp³-hybridized carbons (Fsp3) is 0.200. The quantitative estimate of drug-likeness (QED) is 0.711. The Morgan fingerprint density at radius 1 is 1.21 bits per heavy atom. The lowest BCUT2D eigenvalue weighted by atomic mass is 10.1. The molecule has 0 unspecified atom stereocenters. The van der Waals surface area contributed by atoms with E-state index in [0.717, 1.165) is 5.56 Å². The van der Waals surface area contributed by atoms with Crippen LogP contribution in [0.2, 0.25) is 5.02 Å². The van der Waals surface area contributed by atoms with Crippen molar-refractivity contribution < 1.29 is 18.7 Å². The maximum Gasteiger partial charge on any atom is 0.269 e. The van der Waals surface area contributed by atoms with Crippen molar-refractivity contribution in [2.45, 2.75) is 6.42 Å². The molecule has 0 radical (unpaired) electrons. The number of nitrogens with zero attached hydrogens (tertiary/aromatic N) is 2. The van der Waals surface area contributed by atoms with E-state index >= 15 is 0 Å². The van der Waals surface area contributed by atoms with Crippen LogP contribution in [-0.2, 0) is 6.42 Å². The van der Waals surface area contributed by atoms with Crippen LogP contribution >= 0.6 is 11.6 Å². The molecule has 1 aliphatic heterocycles. The van der Waals surface area contributed by atoms with E-state index in [0.29, 0.717) is 54.1 Å². The summed E-state index contributed by atoms with van der Waals surface area (Å²) in [5.74, 6) is 0.566. The zero-order chi connectivity index (χ0) is 19.5. The maximum absolute atomic E-state index is 13.1. The van der Waals surface area contributed by atoms with Crippen molar-refractivity contribution in [3.8, 4) is 17.2 Å². The van der Waals surface area contributed by atoms with Gasteiger partial charge in [0.1, 0.15) is 24.7 Å². The third kappa shape index (κ3) is 3.80. The number of ether oxygens (including phenoxy) is 2. The normalized spacial score (nSPS) is 12.6. The Morgan fingerprint density at radius 3 is 2.82 bits per heavy atom. The van der Waals surface area contributed by atoms with Gasteiger partial charge in [-0.05, 0) is 48.4 Å². The fourth-order valence-corrected chi connectivity index (χ4v) is 3.28. The predicted octanol–water partition coefficient (Wildman–Crippen LogP) is 3.41. The topological polar surface area (TPSA) is 65.4 Å². The molecule has 2 aromatic carbocycles. The number of carbonyl (C=O) groups is 1. The smallest absolute Gasteiger partial charge is 0.269 e. The van der Waals surface area contributed by atoms with Gasteiger partial charge in [0.15, 0.2) is 11.5 Å². The van der Waals surface area contributed by atoms with Gasteiger partial charge in [0, 0.05) is 12.2 Å². The van der Waals surface area contributed by atoms with E-state index in [1.807, 2.05) is 12.1 Å². The lowest BCUT2D eigenvalue weighted by Crippen LogP contribution is -2.27. The van der Waals surface area contributed by atoms with Gasteiger partial charge in [-0.1, -0.05) is 11.6 Å². The largest absolute Gasteiger partial charge is 0.486 e. The summed E-state index contributed by atoms with van der Waals surface area (Å²) in [6.45, 7) is 1.37. The van der Waals surface area contributed by atoms with Gasteiger partial charge < -0.3 is 14.8 Å². The predicted molar refractivity (Wildman–Crippen MR) is 102 cm³/mol. The zero-order valence-corrected chi connectivity index (χ0v) is 15.6. The molecule has 1 aromatic heterocycles. The van der Waals surface area contributed by atoms with Gasteiger partial charge >= 0.3 is 0 Å². The first-order valence-corrected chi connectivity index (χ1v) is 9.14. The van der Waals surface area contributed by atoms with E-state index in [4.69, 9.17) is 21.1 Å². The van der Waals surface area contributed by atoms with Crippen molar-refractivity contribution in [3.63, 3.8) is 0 Å². The van der Waals surface area contributed by atoms with Crippen LogP contribution in [0.1, 0.15) is 16.1 Å². The number of rotatable bonds is 5. The third-order valence-corrected chi connectivity index (χ3v) is 4.61. The molecule has 0 spiro atoms. The number of benzene rings is 2. The number of carbonyl (C=O) groups excluding carboxylic acids is 1. The van der Waals surface area contributed by atoms with Crippen molar-refractivity contribution in [2.24, 2.45) is 0 Å². The van der Waals surface area contributed by atoms with Crippen molar-refractivity contribution >= 4 is 17.5 Å². The summed E-state index contributed by atoms with van der Waals surface area (Å²) < 4.78 is 25.8. The van der Waals surface area contributed by atoms with Crippen LogP contribution in [0.5, 0.6) is 11.5 Å². The zero-order valence-electron chi connectivity index (χ0n) is 14.8. The average Bonchev–Trinajstić information content (AvgIpc) is 3.18. The van der Waals surface area contributed by atoms with E-state index in [2.05, 4.69) is 10.3 Å². The summed E-state index contributed by atoms with van der Waals surface area (Å²) in [6, 6.07) is 9.53. The van der Waals surface area contributed by atoms with Gasteiger partial charge in [-0.15, -0.1) is 0 Å². The third-order valence-electron chi connectivity index (χ3n) is 4.33. The van der Waals surface area contributed by atoms with E-state index < -0.39 is 0 Å². The molecule has 0 saturated carbocycles. The fourth-order valence-electron chi connectivity index (χ4n) is 2.99. The molecule has 0 fully saturated rings. The first kappa shape index (κ1) is 18.3. The second-order valence-corrected chi connectivity index (χ2v) is 6.64. The molecule has 3 aromatic rings. The molecule has 1 aliphatic rings. The molecule has 8 heteroatoms. The summed E-state index contributed by atoms with van der Waals surface area (Å²) in [5, 5.41) is 3.36. The Balaban J connectivity index is 1.41. The SMILES string of the molecule is O=C(NCCc1cc(Cl)c2c(c1)OCCO2)c1cncn1-c1ccc(F)cc1. The molecule has 0 aliphatic carbocycles. The van der Waals surface area contributed by atoms with Gasteiger partial charge in [0.25, 0.3) is 5.91 Å². The van der Waals surface area contributed by atoms with Crippen LogP contribution in [0.3, 0.4) is 0 Å². The number of aromatic nitrogens is 2. The summed E-state index contributed by atoms with van der Waals surface area (Å²) in [5.41, 5.74) is 1.95. The first-order valence-electron chi connectivity index (χ1n) is 8.76. The van der Waals surface area contributed by atoms with Crippen molar-refractivity contribution in [3.05, 3.63) is 71.0 Å². The number of halogens is 2. The minimum atomic E-state index is -0.340. The van der Waals surface area contributed by atoms with Gasteiger partial charge in [-0.25, -0.2) is 9.37 Å². The highest BCUT2D eigenvalue weighted by Crippen LogP contribution is 2.38. The van der Waals surface area contributed by atoms with Crippen LogP contribution in [0.15, 0.2) is 48.9 Å². The molecule has 2 heterocycles. The van der Waals surface area contributed by atoms with Crippen LogP contribution in [0, 0.1) is 5.82 Å². The number of fused-ring (bicyclic) bond motifs is 1. The van der Waals surface area contributed by atoms with Crippen molar-refractivity contribution in [1.29, 1.82) is 0 Å². The molecule has 1 N–H and O–H groups in total. The van der Waals surface area contributed by atoms with Crippen molar-refractivity contribution in [2.75, 3.05) is 19.8 Å². The maximum atomic E-state index is 13.1. The van der Waals surface area contributed by atoms with Crippen LogP contribution in [0.4, 0.5) is 4.39 Å². The summed E-state index contributed by atoms with van der Waals surface area (Å²) in [6.07, 6.45) is 3.56. The Kier molecular flexibility index (Phi) is 5.16. The van der Waals surface area contributed by atoms with E-state index in [-0.39, 0.29) is 11.7 Å². The standard InChI is InChI=1S/C20H17ClFN3O3/c21-16-9-13(10-18-19(16)28-8-7-27-18)5-6-24-20(26)17-11-23-12-25(17)15-3-1-14(22)2-4-15/h1-4,9-12H,5-8H2,(H,24,26). The molecular formula is C20H17ClFN3O3. The van der Waals surface area contributed by atoms with E-state index in [9.17, 15) is 9.18 Å². The summed E-state index contributed by atoms with van der Waals surface area (Å²) in [7, 11) is 0. The monoisotopic (exact) mass is 401 g/mol. The van der Waals surface area contributed by atoms with E-state index in [1.165, 1.54) is 24.7 Å². The van der Waals surface area contributed by atoms with Gasteiger partial charge in [-0.3, -0.25) is 9.36 Å². The van der Waals surface area contributed by atoms with Crippen LogP contribution in [-0.4, -0.2) is 35.2 Å². The number of amides is 1. The molecule has 6 nitrogen and oxygen atoms in total. The van der Waals surface area contributed by atoms with Gasteiger partial charge in [0.2, 0.25) is 0 Å². The number of imidazole rings is 1. The van der Waals surface area contributed by atoms with E-state index in [1.54, 1.807) is 16.7 Å². The minimum Gasteiger partial charge on any atom is -0.486 e. The number of hydrogen-bond donors (Lipinski definition) is 1. The highest BCUT2D eigenvalue weighted by molar-refractivity contribution is 6.32. The Morgan fingerprint density at radius 2 is 2.00 bits per heavy atom. The lowest BCUT2D eigenvalue weighted by Gasteiger charge is -2.20.